The Labute approximate surface area is 151 Å². The van der Waals surface area contributed by atoms with Crippen LogP contribution in [0, 0.1) is 5.92 Å². The number of hydrogen-bond donors (Lipinski definition) is 1. The number of dihydropyridines is 1. The molecule has 0 aromatic carbocycles. The summed E-state index contributed by atoms with van der Waals surface area (Å²) < 4.78 is 14.9. The molecule has 2 rings (SSSR count). The van der Waals surface area contributed by atoms with Crippen LogP contribution in [0.15, 0.2) is 22.5 Å². The van der Waals surface area contributed by atoms with E-state index in [4.69, 9.17) is 14.2 Å². The predicted molar refractivity (Wildman–Crippen MR) is 89.4 cm³/mol. The van der Waals surface area contributed by atoms with Crippen LogP contribution in [-0.4, -0.2) is 44.0 Å². The van der Waals surface area contributed by atoms with Crippen LogP contribution in [0.3, 0.4) is 0 Å². The molecule has 1 N–H and O–H groups in total. The summed E-state index contributed by atoms with van der Waals surface area (Å²) in [6.45, 7) is 3.19. The topological polar surface area (TPSA) is 108 Å². The number of methoxy groups -OCH3 is 2. The Morgan fingerprint density at radius 3 is 1.96 bits per heavy atom. The standard InChI is InChI=1S/C18H23NO7/c1-9-13(16(21)24-3)15(14(10(2)19-9)17(22)25-4)18(23)26-12-8-6-5-7-11(12)20/h12,15,19H,5-8H2,1-4H3/t12-/m0/s1. The molecular weight excluding hydrogens is 342 g/mol. The van der Waals surface area contributed by atoms with E-state index >= 15 is 0 Å². The van der Waals surface area contributed by atoms with E-state index < -0.39 is 29.9 Å². The van der Waals surface area contributed by atoms with Gasteiger partial charge >= 0.3 is 17.9 Å². The van der Waals surface area contributed by atoms with Crippen molar-refractivity contribution in [2.24, 2.45) is 5.92 Å². The van der Waals surface area contributed by atoms with Gasteiger partial charge in [-0.3, -0.25) is 9.59 Å². The minimum absolute atomic E-state index is 0.0354. The van der Waals surface area contributed by atoms with Crippen molar-refractivity contribution in [1.29, 1.82) is 0 Å². The molecule has 0 unspecified atom stereocenters. The van der Waals surface area contributed by atoms with Crippen molar-refractivity contribution in [3.63, 3.8) is 0 Å². The third-order valence-corrected chi connectivity index (χ3v) is 4.56. The summed E-state index contributed by atoms with van der Waals surface area (Å²) in [4.78, 5) is 49.4. The van der Waals surface area contributed by atoms with Crippen LogP contribution in [0.5, 0.6) is 0 Å². The molecule has 2 aliphatic rings. The maximum atomic E-state index is 12.9. The highest BCUT2D eigenvalue weighted by molar-refractivity contribution is 6.06. The van der Waals surface area contributed by atoms with Crippen LogP contribution in [0.4, 0.5) is 0 Å². The monoisotopic (exact) mass is 365 g/mol. The molecule has 1 saturated carbocycles. The lowest BCUT2D eigenvalue weighted by Gasteiger charge is -2.30. The number of rotatable bonds is 4. The average Bonchev–Trinajstić information content (AvgIpc) is 2.61. The molecule has 8 heteroatoms. The van der Waals surface area contributed by atoms with E-state index in [1.54, 1.807) is 13.8 Å². The molecule has 0 aromatic heterocycles. The largest absolute Gasteiger partial charge is 0.466 e. The summed E-state index contributed by atoms with van der Waals surface area (Å²) in [6, 6.07) is 0. The third kappa shape index (κ3) is 3.79. The fourth-order valence-corrected chi connectivity index (χ4v) is 3.27. The van der Waals surface area contributed by atoms with Gasteiger partial charge in [0.15, 0.2) is 11.9 Å². The van der Waals surface area contributed by atoms with Crippen LogP contribution in [0.2, 0.25) is 0 Å². The lowest BCUT2D eigenvalue weighted by atomic mass is 9.85. The summed E-state index contributed by atoms with van der Waals surface area (Å²) in [5.41, 5.74) is 0.677. The van der Waals surface area contributed by atoms with E-state index in [1.165, 1.54) is 14.2 Å². The zero-order chi connectivity index (χ0) is 19.4. The molecule has 142 valence electrons. The van der Waals surface area contributed by atoms with E-state index in [1.807, 2.05) is 0 Å². The highest BCUT2D eigenvalue weighted by Crippen LogP contribution is 2.33. The van der Waals surface area contributed by atoms with Gasteiger partial charge in [-0.05, 0) is 33.1 Å². The number of allylic oxidation sites excluding steroid dienone is 2. The minimum Gasteiger partial charge on any atom is -0.466 e. The number of ether oxygens (including phenoxy) is 3. The maximum Gasteiger partial charge on any atom is 0.336 e. The number of nitrogens with one attached hydrogen (secondary N) is 1. The normalized spacial score (nSPS) is 21.2. The number of carbonyl (C=O) groups is 4. The minimum atomic E-state index is -1.31. The zero-order valence-electron chi connectivity index (χ0n) is 15.3. The number of Topliss-reactive ketones (excluding diaryl/α,β-unsaturated/α-hetero) is 1. The molecule has 1 aliphatic carbocycles. The van der Waals surface area contributed by atoms with Crippen molar-refractivity contribution in [1.82, 2.24) is 5.32 Å². The Morgan fingerprint density at radius 2 is 1.50 bits per heavy atom. The smallest absolute Gasteiger partial charge is 0.336 e. The molecule has 0 saturated heterocycles. The Morgan fingerprint density at radius 1 is 0.962 bits per heavy atom. The molecule has 1 heterocycles. The molecule has 0 spiro atoms. The summed E-state index contributed by atoms with van der Waals surface area (Å²) in [6.07, 6.45) is 1.46. The van der Waals surface area contributed by atoms with Crippen LogP contribution in [-0.2, 0) is 33.4 Å². The molecule has 1 fully saturated rings. The van der Waals surface area contributed by atoms with E-state index in [-0.39, 0.29) is 16.9 Å². The molecule has 0 radical (unpaired) electrons. The molecule has 0 bridgehead atoms. The zero-order valence-corrected chi connectivity index (χ0v) is 15.3. The van der Waals surface area contributed by atoms with Gasteiger partial charge in [-0.25, -0.2) is 9.59 Å². The Kier molecular flexibility index (Phi) is 6.18. The SMILES string of the molecule is COC(=O)C1=C(C)NC(C)=C(C(=O)OC)C1C(=O)O[C@H]1CCCCC1=O. The first kappa shape index (κ1) is 19.7. The Balaban J connectivity index is 2.42. The van der Waals surface area contributed by atoms with Crippen molar-refractivity contribution in [3.05, 3.63) is 22.5 Å². The Bertz CT molecular complexity index is 666. The summed E-state index contributed by atoms with van der Waals surface area (Å²) in [5.74, 6) is -3.84. The van der Waals surface area contributed by atoms with Gasteiger partial charge in [-0.1, -0.05) is 0 Å². The second-order valence-electron chi connectivity index (χ2n) is 6.26. The van der Waals surface area contributed by atoms with Gasteiger partial charge in [-0.2, -0.15) is 0 Å². The van der Waals surface area contributed by atoms with E-state index in [0.717, 1.165) is 12.8 Å². The van der Waals surface area contributed by atoms with Crippen LogP contribution >= 0.6 is 0 Å². The van der Waals surface area contributed by atoms with Crippen molar-refractivity contribution in [3.8, 4) is 0 Å². The average molecular weight is 365 g/mol. The number of esters is 3. The molecule has 0 aromatic rings. The highest BCUT2D eigenvalue weighted by atomic mass is 16.6. The van der Waals surface area contributed by atoms with Gasteiger partial charge in [0.05, 0.1) is 25.4 Å². The summed E-state index contributed by atoms with van der Waals surface area (Å²) in [7, 11) is 2.36. The van der Waals surface area contributed by atoms with E-state index in [9.17, 15) is 19.2 Å². The predicted octanol–water partition coefficient (Wildman–Crippen LogP) is 1.15. The molecular formula is C18H23NO7. The summed E-state index contributed by atoms with van der Waals surface area (Å²) in [5, 5.41) is 2.89. The summed E-state index contributed by atoms with van der Waals surface area (Å²) >= 11 is 0. The lowest BCUT2D eigenvalue weighted by molar-refractivity contribution is -0.160. The second kappa shape index (κ2) is 8.16. The molecule has 1 atom stereocenters. The first-order valence-electron chi connectivity index (χ1n) is 8.40. The number of ketones is 1. The lowest BCUT2D eigenvalue weighted by Crippen LogP contribution is -2.40. The van der Waals surface area contributed by atoms with Crippen molar-refractivity contribution in [2.45, 2.75) is 45.6 Å². The van der Waals surface area contributed by atoms with Gasteiger partial charge < -0.3 is 19.5 Å². The van der Waals surface area contributed by atoms with Gasteiger partial charge in [-0.15, -0.1) is 0 Å². The van der Waals surface area contributed by atoms with E-state index in [0.29, 0.717) is 24.2 Å². The number of hydrogen-bond acceptors (Lipinski definition) is 8. The fraction of sp³-hybridized carbons (Fsp3) is 0.556. The first-order valence-corrected chi connectivity index (χ1v) is 8.40. The van der Waals surface area contributed by atoms with Gasteiger partial charge in [0, 0.05) is 17.8 Å². The van der Waals surface area contributed by atoms with Crippen LogP contribution < -0.4 is 5.32 Å². The van der Waals surface area contributed by atoms with Gasteiger partial charge in [0.2, 0.25) is 0 Å². The van der Waals surface area contributed by atoms with Crippen LogP contribution in [0.1, 0.15) is 39.5 Å². The third-order valence-electron chi connectivity index (χ3n) is 4.56. The van der Waals surface area contributed by atoms with Crippen LogP contribution in [0.25, 0.3) is 0 Å². The molecule has 26 heavy (non-hydrogen) atoms. The van der Waals surface area contributed by atoms with Gasteiger partial charge in [0.1, 0.15) is 5.92 Å². The van der Waals surface area contributed by atoms with Gasteiger partial charge in [0.25, 0.3) is 0 Å². The first-order chi connectivity index (χ1) is 12.3. The van der Waals surface area contributed by atoms with Crippen molar-refractivity contribution < 1.29 is 33.4 Å². The quantitative estimate of drug-likeness (QED) is 0.584. The molecule has 0 amide bonds. The van der Waals surface area contributed by atoms with E-state index in [2.05, 4.69) is 5.32 Å². The molecule has 1 aliphatic heterocycles. The Hall–Kier alpha value is -2.64. The fourth-order valence-electron chi connectivity index (χ4n) is 3.27. The highest BCUT2D eigenvalue weighted by Gasteiger charge is 2.43. The maximum absolute atomic E-state index is 12.9. The second-order valence-corrected chi connectivity index (χ2v) is 6.26. The van der Waals surface area contributed by atoms with Crippen molar-refractivity contribution in [2.75, 3.05) is 14.2 Å². The molecule has 8 nitrogen and oxygen atoms in total. The van der Waals surface area contributed by atoms with Crippen molar-refractivity contribution >= 4 is 23.7 Å². The number of carbonyl (C=O) groups excluding carboxylic acids is 4.